The van der Waals surface area contributed by atoms with Gasteiger partial charge in [-0.3, -0.25) is 9.59 Å². The number of rotatable bonds is 5. The van der Waals surface area contributed by atoms with Crippen molar-refractivity contribution in [1.29, 1.82) is 0 Å². The van der Waals surface area contributed by atoms with Gasteiger partial charge in [-0.05, 0) is 31.2 Å². The molecule has 0 spiro atoms. The molecular weight excluding hydrogens is 244 g/mol. The first kappa shape index (κ1) is 13.8. The van der Waals surface area contributed by atoms with Crippen molar-refractivity contribution in [2.75, 3.05) is 0 Å². The van der Waals surface area contributed by atoms with E-state index in [1.165, 1.54) is 10.6 Å². The van der Waals surface area contributed by atoms with Crippen LogP contribution in [0.15, 0.2) is 29.2 Å². The molecule has 5 heteroatoms. The van der Waals surface area contributed by atoms with Crippen LogP contribution in [0.2, 0.25) is 0 Å². The fraction of sp³-hybridized carbons (Fsp3) is 0.571. The second kappa shape index (κ2) is 6.02. The van der Waals surface area contributed by atoms with Gasteiger partial charge in [0.05, 0.1) is 6.10 Å². The number of nitrogens with one attached hydrogen (secondary N) is 1. The summed E-state index contributed by atoms with van der Waals surface area (Å²) in [5.74, 6) is 0.206. The molecule has 1 aliphatic rings. The number of aliphatic hydroxyl groups excluding tert-OH is 1. The van der Waals surface area contributed by atoms with Gasteiger partial charge in [-0.2, -0.15) is 0 Å². The minimum atomic E-state index is -0.215. The van der Waals surface area contributed by atoms with Gasteiger partial charge in [0.2, 0.25) is 5.91 Å². The summed E-state index contributed by atoms with van der Waals surface area (Å²) in [4.78, 5) is 23.4. The van der Waals surface area contributed by atoms with E-state index in [-0.39, 0.29) is 30.2 Å². The number of carbonyl (C=O) groups excluding carboxylic acids is 1. The van der Waals surface area contributed by atoms with Crippen LogP contribution in [0.25, 0.3) is 0 Å². The van der Waals surface area contributed by atoms with Gasteiger partial charge in [0.25, 0.3) is 5.56 Å². The maximum absolute atomic E-state index is 11.9. The molecule has 2 N–H and O–H groups in total. The summed E-state index contributed by atoms with van der Waals surface area (Å²) in [6.07, 6.45) is 3.74. The van der Waals surface area contributed by atoms with Crippen molar-refractivity contribution in [3.05, 3.63) is 34.7 Å². The van der Waals surface area contributed by atoms with Crippen molar-refractivity contribution in [2.24, 2.45) is 5.92 Å². The molecule has 1 fully saturated rings. The Labute approximate surface area is 112 Å². The van der Waals surface area contributed by atoms with E-state index in [1.54, 1.807) is 18.3 Å². The lowest BCUT2D eigenvalue weighted by Crippen LogP contribution is -2.47. The van der Waals surface area contributed by atoms with Crippen LogP contribution in [-0.2, 0) is 11.3 Å². The molecule has 0 unspecified atom stereocenters. The van der Waals surface area contributed by atoms with Crippen LogP contribution < -0.4 is 10.9 Å². The van der Waals surface area contributed by atoms with E-state index in [4.69, 9.17) is 0 Å². The third-order valence-corrected chi connectivity index (χ3v) is 3.72. The van der Waals surface area contributed by atoms with Crippen LogP contribution in [0.4, 0.5) is 0 Å². The van der Waals surface area contributed by atoms with Gasteiger partial charge in [-0.15, -0.1) is 0 Å². The Bertz CT molecular complexity index is 491. The summed E-state index contributed by atoms with van der Waals surface area (Å²) in [5, 5.41) is 12.3. The van der Waals surface area contributed by atoms with Crippen LogP contribution in [-0.4, -0.2) is 27.7 Å². The van der Waals surface area contributed by atoms with E-state index >= 15 is 0 Å². The highest BCUT2D eigenvalue weighted by Crippen LogP contribution is 2.31. The molecule has 1 saturated carbocycles. The first-order valence-corrected chi connectivity index (χ1v) is 6.73. The van der Waals surface area contributed by atoms with Crippen LogP contribution in [0, 0.1) is 5.92 Å². The molecule has 1 aromatic heterocycles. The van der Waals surface area contributed by atoms with E-state index < -0.39 is 0 Å². The molecule has 1 amide bonds. The first-order chi connectivity index (χ1) is 9.10. The Hall–Kier alpha value is -1.62. The smallest absolute Gasteiger partial charge is 0.250 e. The number of aromatic nitrogens is 1. The number of pyridine rings is 1. The number of hydrogen-bond acceptors (Lipinski definition) is 3. The van der Waals surface area contributed by atoms with Gasteiger partial charge in [0.15, 0.2) is 0 Å². The standard InChI is InChI=1S/C14H20N2O3/c1-2-12(10-7-11(17)8-10)15-13(18)9-16-6-4-3-5-14(16)19/h3-6,10-12,17H,2,7-9H2,1H3,(H,15,18)/t10?,11?,12-/m0/s1. The van der Waals surface area contributed by atoms with Crippen LogP contribution in [0.1, 0.15) is 26.2 Å². The summed E-state index contributed by atoms with van der Waals surface area (Å²) in [6, 6.07) is 4.91. The maximum atomic E-state index is 11.9. The predicted molar refractivity (Wildman–Crippen MR) is 71.7 cm³/mol. The van der Waals surface area contributed by atoms with Crippen LogP contribution in [0.5, 0.6) is 0 Å². The summed E-state index contributed by atoms with van der Waals surface area (Å²) in [7, 11) is 0. The molecule has 1 aromatic rings. The minimum absolute atomic E-state index is 0.0471. The summed E-state index contributed by atoms with van der Waals surface area (Å²) in [5.41, 5.74) is -0.176. The fourth-order valence-corrected chi connectivity index (χ4v) is 2.51. The third kappa shape index (κ3) is 3.44. The van der Waals surface area contributed by atoms with Crippen molar-refractivity contribution in [3.63, 3.8) is 0 Å². The molecule has 0 bridgehead atoms. The van der Waals surface area contributed by atoms with Gasteiger partial charge in [-0.25, -0.2) is 0 Å². The number of aliphatic hydroxyl groups is 1. The zero-order valence-electron chi connectivity index (χ0n) is 11.1. The number of amides is 1. The first-order valence-electron chi connectivity index (χ1n) is 6.73. The molecule has 0 saturated heterocycles. The van der Waals surface area contributed by atoms with Gasteiger partial charge in [0, 0.05) is 18.3 Å². The highest BCUT2D eigenvalue weighted by Gasteiger charge is 2.33. The SMILES string of the molecule is CC[C@H](NC(=O)Cn1ccccc1=O)C1CC(O)C1. The fourth-order valence-electron chi connectivity index (χ4n) is 2.51. The molecule has 2 rings (SSSR count). The number of hydrogen-bond donors (Lipinski definition) is 2. The Balaban J connectivity index is 1.90. The molecule has 1 heterocycles. The largest absolute Gasteiger partial charge is 0.393 e. The second-order valence-corrected chi connectivity index (χ2v) is 5.13. The lowest BCUT2D eigenvalue weighted by atomic mass is 9.76. The average Bonchev–Trinajstić information content (AvgIpc) is 2.35. The van der Waals surface area contributed by atoms with Crippen molar-refractivity contribution in [2.45, 2.75) is 44.9 Å². The molecule has 0 aromatic carbocycles. The molecule has 0 radical (unpaired) electrons. The van der Waals surface area contributed by atoms with E-state index in [1.807, 2.05) is 6.92 Å². The van der Waals surface area contributed by atoms with Gasteiger partial charge >= 0.3 is 0 Å². The topological polar surface area (TPSA) is 71.3 Å². The Morgan fingerprint density at radius 3 is 2.84 bits per heavy atom. The zero-order chi connectivity index (χ0) is 13.8. The van der Waals surface area contributed by atoms with Crippen molar-refractivity contribution < 1.29 is 9.90 Å². The zero-order valence-corrected chi connectivity index (χ0v) is 11.1. The van der Waals surface area contributed by atoms with E-state index in [0.29, 0.717) is 5.92 Å². The van der Waals surface area contributed by atoms with Crippen molar-refractivity contribution in [1.82, 2.24) is 9.88 Å². The average molecular weight is 264 g/mol. The lowest BCUT2D eigenvalue weighted by molar-refractivity contribution is -0.123. The number of nitrogens with zero attached hydrogens (tertiary/aromatic N) is 1. The Morgan fingerprint density at radius 1 is 1.53 bits per heavy atom. The summed E-state index contributed by atoms with van der Waals surface area (Å²) in [6.45, 7) is 2.07. The normalized spacial score (nSPS) is 23.5. The lowest BCUT2D eigenvalue weighted by Gasteiger charge is -2.37. The predicted octanol–water partition coefficient (Wildman–Crippen LogP) is 0.514. The second-order valence-electron chi connectivity index (χ2n) is 5.13. The van der Waals surface area contributed by atoms with Crippen molar-refractivity contribution in [3.8, 4) is 0 Å². The molecular formula is C14H20N2O3. The molecule has 1 atom stereocenters. The molecule has 1 aliphatic carbocycles. The summed E-state index contributed by atoms with van der Waals surface area (Å²) >= 11 is 0. The highest BCUT2D eigenvalue weighted by atomic mass is 16.3. The Morgan fingerprint density at radius 2 is 2.26 bits per heavy atom. The van der Waals surface area contributed by atoms with Crippen LogP contribution >= 0.6 is 0 Å². The highest BCUT2D eigenvalue weighted by molar-refractivity contribution is 5.76. The minimum Gasteiger partial charge on any atom is -0.393 e. The quantitative estimate of drug-likeness (QED) is 0.814. The molecule has 5 nitrogen and oxygen atoms in total. The van der Waals surface area contributed by atoms with E-state index in [0.717, 1.165) is 19.3 Å². The third-order valence-electron chi connectivity index (χ3n) is 3.72. The van der Waals surface area contributed by atoms with Gasteiger partial charge in [0.1, 0.15) is 6.54 Å². The van der Waals surface area contributed by atoms with E-state index in [2.05, 4.69) is 5.32 Å². The van der Waals surface area contributed by atoms with E-state index in [9.17, 15) is 14.7 Å². The molecule has 0 aliphatic heterocycles. The van der Waals surface area contributed by atoms with Gasteiger partial charge < -0.3 is 15.0 Å². The maximum Gasteiger partial charge on any atom is 0.250 e. The molecule has 19 heavy (non-hydrogen) atoms. The number of carbonyl (C=O) groups is 1. The summed E-state index contributed by atoms with van der Waals surface area (Å²) < 4.78 is 1.39. The van der Waals surface area contributed by atoms with Gasteiger partial charge in [-0.1, -0.05) is 13.0 Å². The monoisotopic (exact) mass is 264 g/mol. The van der Waals surface area contributed by atoms with Crippen molar-refractivity contribution >= 4 is 5.91 Å². The van der Waals surface area contributed by atoms with Crippen LogP contribution in [0.3, 0.4) is 0 Å². The molecule has 104 valence electrons. The Kier molecular flexibility index (Phi) is 4.37.